The second-order valence-electron chi connectivity index (χ2n) is 4.85. The molecule has 0 aromatic carbocycles. The Morgan fingerprint density at radius 3 is 3.26 bits per heavy atom. The molecule has 7 nitrogen and oxygen atoms in total. The number of aryl methyl sites for hydroxylation is 1. The highest BCUT2D eigenvalue weighted by Gasteiger charge is 2.18. The van der Waals surface area contributed by atoms with Gasteiger partial charge in [-0.3, -0.25) is 0 Å². The van der Waals surface area contributed by atoms with Crippen LogP contribution in [0.25, 0.3) is 11.6 Å². The summed E-state index contributed by atoms with van der Waals surface area (Å²) < 4.78 is 7.11. The standard InChI is InChI=1S/C12H18N6O/c1-2-4-11-14-12(19-16-11)10-8-18(17-15-10)9-5-3-6-13-7-9/h8-9,13H,2-7H2,1H3/t9-/m1/s1. The van der Waals surface area contributed by atoms with E-state index in [0.717, 1.165) is 38.2 Å². The van der Waals surface area contributed by atoms with E-state index in [0.29, 0.717) is 17.6 Å². The number of hydrogen-bond acceptors (Lipinski definition) is 6. The van der Waals surface area contributed by atoms with Crippen LogP contribution in [0.3, 0.4) is 0 Å². The molecule has 1 saturated heterocycles. The number of rotatable bonds is 4. The lowest BCUT2D eigenvalue weighted by Gasteiger charge is -2.22. The molecule has 0 bridgehead atoms. The first kappa shape index (κ1) is 12.3. The van der Waals surface area contributed by atoms with Crippen LogP contribution in [-0.4, -0.2) is 38.2 Å². The monoisotopic (exact) mass is 262 g/mol. The van der Waals surface area contributed by atoms with Crippen LogP contribution in [0.1, 0.15) is 38.1 Å². The highest BCUT2D eigenvalue weighted by atomic mass is 16.5. The molecule has 1 atom stereocenters. The molecule has 1 N–H and O–H groups in total. The lowest BCUT2D eigenvalue weighted by atomic mass is 10.1. The molecular weight excluding hydrogens is 244 g/mol. The second-order valence-corrected chi connectivity index (χ2v) is 4.85. The molecule has 0 amide bonds. The second kappa shape index (κ2) is 5.48. The number of piperidine rings is 1. The van der Waals surface area contributed by atoms with Crippen molar-refractivity contribution in [3.05, 3.63) is 12.0 Å². The summed E-state index contributed by atoms with van der Waals surface area (Å²) >= 11 is 0. The Kier molecular flexibility index (Phi) is 3.54. The summed E-state index contributed by atoms with van der Waals surface area (Å²) in [7, 11) is 0. The van der Waals surface area contributed by atoms with E-state index in [-0.39, 0.29) is 0 Å². The first-order valence-electron chi connectivity index (χ1n) is 6.82. The predicted octanol–water partition coefficient (Wildman–Crippen LogP) is 1.21. The minimum atomic E-state index is 0.369. The van der Waals surface area contributed by atoms with Crippen LogP contribution in [0.5, 0.6) is 0 Å². The molecule has 2 aromatic heterocycles. The van der Waals surface area contributed by atoms with E-state index in [9.17, 15) is 0 Å². The van der Waals surface area contributed by atoms with Crippen molar-refractivity contribution in [3.63, 3.8) is 0 Å². The molecule has 1 fully saturated rings. The Bertz CT molecular complexity index is 528. The van der Waals surface area contributed by atoms with Crippen LogP contribution in [-0.2, 0) is 6.42 Å². The van der Waals surface area contributed by atoms with Gasteiger partial charge in [-0.1, -0.05) is 17.3 Å². The zero-order valence-corrected chi connectivity index (χ0v) is 11.0. The fourth-order valence-electron chi connectivity index (χ4n) is 2.30. The summed E-state index contributed by atoms with van der Waals surface area (Å²) in [6, 6.07) is 0.369. The van der Waals surface area contributed by atoms with Gasteiger partial charge < -0.3 is 9.84 Å². The maximum absolute atomic E-state index is 5.21. The number of hydrogen-bond donors (Lipinski definition) is 1. The molecule has 7 heteroatoms. The maximum Gasteiger partial charge on any atom is 0.280 e. The fourth-order valence-corrected chi connectivity index (χ4v) is 2.30. The average molecular weight is 262 g/mol. The maximum atomic E-state index is 5.21. The predicted molar refractivity (Wildman–Crippen MR) is 68.4 cm³/mol. The first-order chi connectivity index (χ1) is 9.36. The van der Waals surface area contributed by atoms with Crippen molar-refractivity contribution in [2.75, 3.05) is 13.1 Å². The van der Waals surface area contributed by atoms with Gasteiger partial charge in [0.05, 0.1) is 12.2 Å². The summed E-state index contributed by atoms with van der Waals surface area (Å²) in [4.78, 5) is 4.32. The van der Waals surface area contributed by atoms with Crippen LogP contribution in [0.2, 0.25) is 0 Å². The zero-order valence-electron chi connectivity index (χ0n) is 11.0. The van der Waals surface area contributed by atoms with Gasteiger partial charge in [-0.15, -0.1) is 5.10 Å². The molecule has 0 aliphatic carbocycles. The van der Waals surface area contributed by atoms with E-state index in [1.54, 1.807) is 0 Å². The van der Waals surface area contributed by atoms with Gasteiger partial charge in [-0.2, -0.15) is 4.98 Å². The van der Waals surface area contributed by atoms with E-state index in [2.05, 4.69) is 32.7 Å². The molecule has 0 radical (unpaired) electrons. The van der Waals surface area contributed by atoms with Crippen molar-refractivity contribution in [1.82, 2.24) is 30.5 Å². The SMILES string of the molecule is CCCc1noc(-c2cn([C@@H]3CCCNC3)nn2)n1. The molecule has 19 heavy (non-hydrogen) atoms. The van der Waals surface area contributed by atoms with E-state index in [1.165, 1.54) is 6.42 Å². The molecule has 0 unspecified atom stereocenters. The van der Waals surface area contributed by atoms with Gasteiger partial charge in [-0.25, -0.2) is 4.68 Å². The molecule has 102 valence electrons. The van der Waals surface area contributed by atoms with Gasteiger partial charge in [0.2, 0.25) is 0 Å². The minimum Gasteiger partial charge on any atom is -0.332 e. The summed E-state index contributed by atoms with van der Waals surface area (Å²) in [5, 5.41) is 15.6. The van der Waals surface area contributed by atoms with E-state index >= 15 is 0 Å². The summed E-state index contributed by atoms with van der Waals surface area (Å²) in [6.07, 6.45) is 6.01. The van der Waals surface area contributed by atoms with Crippen molar-refractivity contribution in [2.24, 2.45) is 0 Å². The Morgan fingerprint density at radius 2 is 2.47 bits per heavy atom. The van der Waals surface area contributed by atoms with Crippen LogP contribution in [0, 0.1) is 0 Å². The molecule has 0 spiro atoms. The molecule has 1 aliphatic rings. The van der Waals surface area contributed by atoms with Gasteiger partial charge >= 0.3 is 0 Å². The van der Waals surface area contributed by atoms with E-state index in [1.807, 2.05) is 10.9 Å². The molecule has 0 saturated carbocycles. The number of nitrogens with zero attached hydrogens (tertiary/aromatic N) is 5. The van der Waals surface area contributed by atoms with Crippen molar-refractivity contribution in [2.45, 2.75) is 38.6 Å². The largest absolute Gasteiger partial charge is 0.332 e. The van der Waals surface area contributed by atoms with Crippen LogP contribution in [0.4, 0.5) is 0 Å². The molecule has 3 rings (SSSR count). The van der Waals surface area contributed by atoms with Gasteiger partial charge in [0.25, 0.3) is 5.89 Å². The third-order valence-corrected chi connectivity index (χ3v) is 3.32. The van der Waals surface area contributed by atoms with Gasteiger partial charge in [-0.05, 0) is 25.8 Å². The Labute approximate surface area is 111 Å². The van der Waals surface area contributed by atoms with Crippen molar-refractivity contribution >= 4 is 0 Å². The van der Waals surface area contributed by atoms with Crippen LogP contribution >= 0.6 is 0 Å². The molecule has 1 aliphatic heterocycles. The number of nitrogens with one attached hydrogen (secondary N) is 1. The van der Waals surface area contributed by atoms with E-state index in [4.69, 9.17) is 4.52 Å². The van der Waals surface area contributed by atoms with Crippen LogP contribution < -0.4 is 5.32 Å². The topological polar surface area (TPSA) is 81.7 Å². The third kappa shape index (κ3) is 2.65. The van der Waals surface area contributed by atoms with Crippen molar-refractivity contribution in [1.29, 1.82) is 0 Å². The number of aromatic nitrogens is 5. The Hall–Kier alpha value is -1.76. The molecule has 2 aromatic rings. The van der Waals surface area contributed by atoms with Crippen LogP contribution in [0.15, 0.2) is 10.7 Å². The lowest BCUT2D eigenvalue weighted by Crippen LogP contribution is -2.31. The highest BCUT2D eigenvalue weighted by Crippen LogP contribution is 2.19. The van der Waals surface area contributed by atoms with Crippen molar-refractivity contribution < 1.29 is 4.52 Å². The van der Waals surface area contributed by atoms with Crippen molar-refractivity contribution in [3.8, 4) is 11.6 Å². The summed E-state index contributed by atoms with van der Waals surface area (Å²) in [5.41, 5.74) is 0.653. The van der Waals surface area contributed by atoms with Gasteiger partial charge in [0, 0.05) is 13.0 Å². The highest BCUT2D eigenvalue weighted by molar-refractivity contribution is 5.43. The van der Waals surface area contributed by atoms with E-state index < -0.39 is 0 Å². The average Bonchev–Trinajstić information content (AvgIpc) is 3.08. The Balaban J connectivity index is 1.75. The summed E-state index contributed by atoms with van der Waals surface area (Å²) in [6.45, 7) is 4.11. The first-order valence-corrected chi connectivity index (χ1v) is 6.82. The Morgan fingerprint density at radius 1 is 1.53 bits per heavy atom. The fraction of sp³-hybridized carbons (Fsp3) is 0.667. The minimum absolute atomic E-state index is 0.369. The zero-order chi connectivity index (χ0) is 13.1. The lowest BCUT2D eigenvalue weighted by molar-refractivity contribution is 0.341. The third-order valence-electron chi connectivity index (χ3n) is 3.32. The normalized spacial score (nSPS) is 19.7. The van der Waals surface area contributed by atoms with Gasteiger partial charge in [0.1, 0.15) is 0 Å². The summed E-state index contributed by atoms with van der Waals surface area (Å²) in [5.74, 6) is 1.19. The van der Waals surface area contributed by atoms with Gasteiger partial charge in [0.15, 0.2) is 11.5 Å². The smallest absolute Gasteiger partial charge is 0.280 e. The molecule has 3 heterocycles. The molecular formula is C12H18N6O. The quantitative estimate of drug-likeness (QED) is 0.891.